The summed E-state index contributed by atoms with van der Waals surface area (Å²) in [5.41, 5.74) is 5.32. The molecule has 21 heavy (non-hydrogen) atoms. The summed E-state index contributed by atoms with van der Waals surface area (Å²) < 4.78 is 5.25. The van der Waals surface area contributed by atoms with Gasteiger partial charge in [0, 0.05) is 26.1 Å². The first kappa shape index (κ1) is 20.4. The maximum atomic E-state index is 11.6. The van der Waals surface area contributed by atoms with E-state index in [0.717, 1.165) is 12.8 Å². The van der Waals surface area contributed by atoms with Gasteiger partial charge in [-0.2, -0.15) is 0 Å². The SMILES string of the molecule is CCCCCCCCCCCC(=O)NCCCOCCN. The number of hydrogen-bond donors (Lipinski definition) is 2. The van der Waals surface area contributed by atoms with Crippen LogP contribution in [0.5, 0.6) is 0 Å². The molecule has 0 spiro atoms. The van der Waals surface area contributed by atoms with Crippen LogP contribution in [0, 0.1) is 0 Å². The molecule has 0 aliphatic rings. The zero-order valence-corrected chi connectivity index (χ0v) is 14.0. The minimum atomic E-state index is 0.178. The van der Waals surface area contributed by atoms with E-state index >= 15 is 0 Å². The number of carbonyl (C=O) groups is 1. The number of amides is 1. The second kappa shape index (κ2) is 17.4. The molecule has 0 bridgehead atoms. The summed E-state index contributed by atoms with van der Waals surface area (Å²) in [6.45, 7) is 4.80. The first-order valence-electron chi connectivity index (χ1n) is 8.85. The van der Waals surface area contributed by atoms with Gasteiger partial charge in [-0.05, 0) is 12.8 Å². The van der Waals surface area contributed by atoms with Gasteiger partial charge in [0.15, 0.2) is 0 Å². The molecule has 4 heteroatoms. The highest BCUT2D eigenvalue weighted by Crippen LogP contribution is 2.10. The highest BCUT2D eigenvalue weighted by molar-refractivity contribution is 5.75. The molecular formula is C17H36N2O2. The van der Waals surface area contributed by atoms with Gasteiger partial charge in [0.05, 0.1) is 6.61 Å². The van der Waals surface area contributed by atoms with E-state index in [1.54, 1.807) is 0 Å². The van der Waals surface area contributed by atoms with Crippen LogP contribution in [0.1, 0.15) is 77.6 Å². The van der Waals surface area contributed by atoms with Crippen LogP contribution in [0.25, 0.3) is 0 Å². The number of nitrogens with one attached hydrogen (secondary N) is 1. The van der Waals surface area contributed by atoms with E-state index in [0.29, 0.717) is 32.7 Å². The molecule has 3 N–H and O–H groups in total. The van der Waals surface area contributed by atoms with Crippen molar-refractivity contribution in [3.05, 3.63) is 0 Å². The monoisotopic (exact) mass is 300 g/mol. The zero-order chi connectivity index (χ0) is 15.6. The Bertz CT molecular complexity index is 223. The van der Waals surface area contributed by atoms with Crippen molar-refractivity contribution in [2.75, 3.05) is 26.3 Å². The van der Waals surface area contributed by atoms with E-state index < -0.39 is 0 Å². The molecule has 0 atom stereocenters. The van der Waals surface area contributed by atoms with Gasteiger partial charge in [-0.25, -0.2) is 0 Å². The minimum Gasteiger partial charge on any atom is -0.380 e. The van der Waals surface area contributed by atoms with E-state index in [1.807, 2.05) is 0 Å². The number of ether oxygens (including phenoxy) is 1. The van der Waals surface area contributed by atoms with E-state index in [4.69, 9.17) is 10.5 Å². The van der Waals surface area contributed by atoms with Crippen LogP contribution >= 0.6 is 0 Å². The molecule has 0 fully saturated rings. The van der Waals surface area contributed by atoms with Gasteiger partial charge in [-0.15, -0.1) is 0 Å². The van der Waals surface area contributed by atoms with Crippen molar-refractivity contribution in [3.8, 4) is 0 Å². The molecule has 0 aromatic rings. The molecule has 0 radical (unpaired) electrons. The normalized spacial score (nSPS) is 10.8. The maximum absolute atomic E-state index is 11.6. The summed E-state index contributed by atoms with van der Waals surface area (Å²) >= 11 is 0. The molecule has 0 rings (SSSR count). The van der Waals surface area contributed by atoms with Gasteiger partial charge in [0.25, 0.3) is 0 Å². The highest BCUT2D eigenvalue weighted by Gasteiger charge is 2.00. The molecule has 4 nitrogen and oxygen atoms in total. The van der Waals surface area contributed by atoms with Crippen molar-refractivity contribution in [3.63, 3.8) is 0 Å². The topological polar surface area (TPSA) is 64.3 Å². The summed E-state index contributed by atoms with van der Waals surface area (Å²) in [4.78, 5) is 11.6. The Morgan fingerprint density at radius 1 is 0.905 bits per heavy atom. The Morgan fingerprint density at radius 2 is 1.52 bits per heavy atom. The molecular weight excluding hydrogens is 264 g/mol. The van der Waals surface area contributed by atoms with E-state index in [9.17, 15) is 4.79 Å². The van der Waals surface area contributed by atoms with Crippen LogP contribution in [0.3, 0.4) is 0 Å². The van der Waals surface area contributed by atoms with Crippen molar-refractivity contribution in [1.82, 2.24) is 5.32 Å². The summed E-state index contributed by atoms with van der Waals surface area (Å²) in [6.07, 6.45) is 13.1. The van der Waals surface area contributed by atoms with Crippen molar-refractivity contribution in [2.24, 2.45) is 5.73 Å². The Hall–Kier alpha value is -0.610. The van der Waals surface area contributed by atoms with Crippen LogP contribution < -0.4 is 11.1 Å². The lowest BCUT2D eigenvalue weighted by molar-refractivity contribution is -0.121. The van der Waals surface area contributed by atoms with Crippen LogP contribution in [-0.4, -0.2) is 32.2 Å². The fraction of sp³-hybridized carbons (Fsp3) is 0.941. The van der Waals surface area contributed by atoms with Crippen LogP contribution in [0.2, 0.25) is 0 Å². The van der Waals surface area contributed by atoms with Crippen LogP contribution in [0.4, 0.5) is 0 Å². The Labute approximate surface area is 131 Å². The van der Waals surface area contributed by atoms with E-state index in [1.165, 1.54) is 51.4 Å². The Balaban J connectivity index is 3.12. The largest absolute Gasteiger partial charge is 0.380 e. The predicted octanol–water partition coefficient (Wildman–Crippen LogP) is 3.39. The smallest absolute Gasteiger partial charge is 0.219 e. The second-order valence-corrected chi connectivity index (χ2v) is 5.68. The first-order chi connectivity index (χ1) is 10.3. The predicted molar refractivity (Wildman–Crippen MR) is 89.3 cm³/mol. The number of unbranched alkanes of at least 4 members (excludes halogenated alkanes) is 8. The lowest BCUT2D eigenvalue weighted by atomic mass is 10.1. The summed E-state index contributed by atoms with van der Waals surface area (Å²) in [7, 11) is 0. The number of carbonyl (C=O) groups excluding carboxylic acids is 1. The van der Waals surface area contributed by atoms with Crippen molar-refractivity contribution < 1.29 is 9.53 Å². The lowest BCUT2D eigenvalue weighted by Crippen LogP contribution is -2.25. The fourth-order valence-electron chi connectivity index (χ4n) is 2.27. The second-order valence-electron chi connectivity index (χ2n) is 5.68. The highest BCUT2D eigenvalue weighted by atomic mass is 16.5. The quantitative estimate of drug-likeness (QED) is 0.429. The molecule has 0 aliphatic heterocycles. The third-order valence-corrected chi connectivity index (χ3v) is 3.56. The maximum Gasteiger partial charge on any atom is 0.219 e. The van der Waals surface area contributed by atoms with Gasteiger partial charge in [-0.3, -0.25) is 4.79 Å². The molecule has 0 aromatic carbocycles. The summed E-state index contributed by atoms with van der Waals surface area (Å²) in [5.74, 6) is 0.178. The first-order valence-corrected chi connectivity index (χ1v) is 8.85. The van der Waals surface area contributed by atoms with Gasteiger partial charge < -0.3 is 15.8 Å². The van der Waals surface area contributed by atoms with Gasteiger partial charge in [-0.1, -0.05) is 58.3 Å². The molecule has 1 amide bonds. The van der Waals surface area contributed by atoms with Gasteiger partial charge in [0.1, 0.15) is 0 Å². The number of rotatable bonds is 16. The van der Waals surface area contributed by atoms with E-state index in [-0.39, 0.29) is 5.91 Å². The number of hydrogen-bond acceptors (Lipinski definition) is 3. The van der Waals surface area contributed by atoms with Crippen molar-refractivity contribution in [1.29, 1.82) is 0 Å². The zero-order valence-electron chi connectivity index (χ0n) is 14.0. The molecule has 0 saturated carbocycles. The molecule has 0 heterocycles. The molecule has 126 valence electrons. The third kappa shape index (κ3) is 17.3. The Morgan fingerprint density at radius 3 is 2.14 bits per heavy atom. The average Bonchev–Trinajstić information content (AvgIpc) is 2.49. The third-order valence-electron chi connectivity index (χ3n) is 3.56. The fourth-order valence-corrected chi connectivity index (χ4v) is 2.27. The summed E-state index contributed by atoms with van der Waals surface area (Å²) in [5, 5.41) is 2.93. The van der Waals surface area contributed by atoms with Gasteiger partial charge in [0.2, 0.25) is 5.91 Å². The Kier molecular flexibility index (Phi) is 16.9. The van der Waals surface area contributed by atoms with Crippen LogP contribution in [-0.2, 0) is 9.53 Å². The van der Waals surface area contributed by atoms with Crippen molar-refractivity contribution in [2.45, 2.75) is 77.6 Å². The number of nitrogens with two attached hydrogens (primary N) is 1. The lowest BCUT2D eigenvalue weighted by Gasteiger charge is -2.06. The van der Waals surface area contributed by atoms with Crippen molar-refractivity contribution >= 4 is 5.91 Å². The average molecular weight is 300 g/mol. The van der Waals surface area contributed by atoms with Crippen LogP contribution in [0.15, 0.2) is 0 Å². The molecule has 0 unspecified atom stereocenters. The van der Waals surface area contributed by atoms with Gasteiger partial charge >= 0.3 is 0 Å². The molecule has 0 saturated heterocycles. The minimum absolute atomic E-state index is 0.178. The molecule has 0 aliphatic carbocycles. The van der Waals surface area contributed by atoms with E-state index in [2.05, 4.69) is 12.2 Å². The summed E-state index contributed by atoms with van der Waals surface area (Å²) in [6, 6.07) is 0. The standard InChI is InChI=1S/C17H36N2O2/c1-2-3-4-5-6-7-8-9-10-12-17(20)19-14-11-15-21-16-13-18/h2-16,18H2,1H3,(H,19,20). The molecule has 0 aromatic heterocycles.